The standard InChI is InChI=1S/C19H26N/c1-16(17-9-3-4-10-17)15-19(18-11-5-6-12-18)20-13-7-2-8-14-20/h3-6,9-12,16-17,19H,2,7-8,13-15H2,1H3/q-1. The number of likely N-dealkylation sites (tertiary alicyclic amines) is 1. The van der Waals surface area contributed by atoms with Gasteiger partial charge in [0.15, 0.2) is 0 Å². The summed E-state index contributed by atoms with van der Waals surface area (Å²) in [5, 5.41) is 0. The van der Waals surface area contributed by atoms with Gasteiger partial charge in [0.05, 0.1) is 0 Å². The highest BCUT2D eigenvalue weighted by atomic mass is 15.2. The van der Waals surface area contributed by atoms with E-state index in [1.807, 2.05) is 0 Å². The first-order chi connectivity index (χ1) is 9.84. The Kier molecular flexibility index (Phi) is 4.47. The molecule has 0 spiro atoms. The molecule has 2 unspecified atom stereocenters. The van der Waals surface area contributed by atoms with Gasteiger partial charge in [0.25, 0.3) is 0 Å². The summed E-state index contributed by atoms with van der Waals surface area (Å²) in [6.07, 6.45) is 14.5. The molecule has 1 fully saturated rings. The maximum absolute atomic E-state index is 2.72. The van der Waals surface area contributed by atoms with Crippen LogP contribution in [0.25, 0.3) is 0 Å². The van der Waals surface area contributed by atoms with Gasteiger partial charge in [-0.15, -0.1) is 0 Å². The lowest BCUT2D eigenvalue weighted by Crippen LogP contribution is -2.35. The van der Waals surface area contributed by atoms with E-state index in [2.05, 4.69) is 60.4 Å². The predicted octanol–water partition coefficient (Wildman–Crippen LogP) is 4.70. The lowest BCUT2D eigenvalue weighted by molar-refractivity contribution is 0.139. The Morgan fingerprint density at radius 2 is 1.95 bits per heavy atom. The molecule has 0 saturated carbocycles. The molecule has 1 nitrogen and oxygen atoms in total. The minimum Gasteiger partial charge on any atom is -0.308 e. The van der Waals surface area contributed by atoms with Crippen LogP contribution in [0.5, 0.6) is 0 Å². The Bertz CT molecular complexity index is 436. The SMILES string of the molecule is CC(CC(c1cc[cH-]c1)N1CCCCC1)C1C=CC=C1. The molecule has 1 heteroatoms. The second kappa shape index (κ2) is 6.49. The number of allylic oxidation sites excluding steroid dienone is 4. The minimum absolute atomic E-state index is 0.614. The molecular weight excluding hydrogens is 242 g/mol. The number of hydrogen-bond acceptors (Lipinski definition) is 1. The van der Waals surface area contributed by atoms with Crippen LogP contribution < -0.4 is 0 Å². The van der Waals surface area contributed by atoms with Crippen molar-refractivity contribution in [3.05, 3.63) is 54.1 Å². The van der Waals surface area contributed by atoms with Crippen LogP contribution in [-0.4, -0.2) is 18.0 Å². The molecule has 1 heterocycles. The Balaban J connectivity index is 1.71. The van der Waals surface area contributed by atoms with Gasteiger partial charge < -0.3 is 4.90 Å². The Hall–Kier alpha value is -1.21. The quantitative estimate of drug-likeness (QED) is 0.700. The zero-order valence-corrected chi connectivity index (χ0v) is 12.5. The van der Waals surface area contributed by atoms with E-state index in [0.29, 0.717) is 17.9 Å². The fourth-order valence-corrected chi connectivity index (χ4v) is 3.67. The number of hydrogen-bond donors (Lipinski definition) is 0. The van der Waals surface area contributed by atoms with Gasteiger partial charge in [0.1, 0.15) is 0 Å². The van der Waals surface area contributed by atoms with E-state index < -0.39 is 0 Å². The van der Waals surface area contributed by atoms with Crippen LogP contribution in [0.2, 0.25) is 0 Å². The molecule has 108 valence electrons. The average molecular weight is 268 g/mol. The van der Waals surface area contributed by atoms with E-state index in [1.54, 1.807) is 0 Å². The van der Waals surface area contributed by atoms with Crippen molar-refractivity contribution in [1.29, 1.82) is 0 Å². The summed E-state index contributed by atoms with van der Waals surface area (Å²) >= 11 is 0. The van der Waals surface area contributed by atoms with Crippen molar-refractivity contribution in [3.8, 4) is 0 Å². The third-order valence-electron chi connectivity index (χ3n) is 4.93. The molecule has 2 atom stereocenters. The van der Waals surface area contributed by atoms with Gasteiger partial charge >= 0.3 is 0 Å². The highest BCUT2D eigenvalue weighted by molar-refractivity contribution is 5.22. The summed E-state index contributed by atoms with van der Waals surface area (Å²) in [4.78, 5) is 2.72. The number of nitrogens with zero attached hydrogens (tertiary/aromatic N) is 1. The van der Waals surface area contributed by atoms with Crippen molar-refractivity contribution in [1.82, 2.24) is 4.90 Å². The molecule has 20 heavy (non-hydrogen) atoms. The van der Waals surface area contributed by atoms with Crippen LogP contribution in [0.15, 0.2) is 48.6 Å². The second-order valence-electron chi connectivity index (χ2n) is 6.39. The highest BCUT2D eigenvalue weighted by Crippen LogP contribution is 2.34. The molecule has 1 saturated heterocycles. The van der Waals surface area contributed by atoms with Gasteiger partial charge in [-0.1, -0.05) is 37.6 Å². The zero-order chi connectivity index (χ0) is 13.8. The monoisotopic (exact) mass is 268 g/mol. The van der Waals surface area contributed by atoms with Gasteiger partial charge in [0.2, 0.25) is 0 Å². The molecule has 3 rings (SSSR count). The molecular formula is C19H26N-. The predicted molar refractivity (Wildman–Crippen MR) is 85.8 cm³/mol. The summed E-state index contributed by atoms with van der Waals surface area (Å²) in [5.74, 6) is 1.35. The van der Waals surface area contributed by atoms with E-state index in [1.165, 1.54) is 44.3 Å². The van der Waals surface area contributed by atoms with Crippen LogP contribution in [0.3, 0.4) is 0 Å². The van der Waals surface area contributed by atoms with Crippen molar-refractivity contribution in [2.75, 3.05) is 13.1 Å². The Labute approximate surface area is 123 Å². The van der Waals surface area contributed by atoms with Gasteiger partial charge in [0, 0.05) is 0 Å². The second-order valence-corrected chi connectivity index (χ2v) is 6.39. The molecule has 2 aliphatic rings. The van der Waals surface area contributed by atoms with Crippen LogP contribution >= 0.6 is 0 Å². The van der Waals surface area contributed by atoms with Crippen molar-refractivity contribution in [2.24, 2.45) is 11.8 Å². The van der Waals surface area contributed by atoms with Crippen molar-refractivity contribution in [3.63, 3.8) is 0 Å². The topological polar surface area (TPSA) is 3.24 Å². The third-order valence-corrected chi connectivity index (χ3v) is 4.93. The smallest absolute Gasteiger partial charge is 0.00213 e. The summed E-state index contributed by atoms with van der Waals surface area (Å²) in [5.41, 5.74) is 1.52. The van der Waals surface area contributed by atoms with Crippen LogP contribution in [0, 0.1) is 11.8 Å². The Morgan fingerprint density at radius 3 is 2.60 bits per heavy atom. The van der Waals surface area contributed by atoms with Crippen LogP contribution in [0.1, 0.15) is 44.2 Å². The van der Waals surface area contributed by atoms with E-state index in [-0.39, 0.29) is 0 Å². The van der Waals surface area contributed by atoms with E-state index in [0.717, 1.165) is 0 Å². The first-order valence-electron chi connectivity index (χ1n) is 8.15. The first kappa shape index (κ1) is 13.8. The molecule has 1 aromatic rings. The highest BCUT2D eigenvalue weighted by Gasteiger charge is 2.23. The van der Waals surface area contributed by atoms with Crippen LogP contribution in [0.4, 0.5) is 0 Å². The Morgan fingerprint density at radius 1 is 1.20 bits per heavy atom. The normalized spacial score (nSPS) is 23.2. The molecule has 1 aromatic carbocycles. The molecule has 0 radical (unpaired) electrons. The van der Waals surface area contributed by atoms with Gasteiger partial charge in [-0.05, 0) is 50.2 Å². The zero-order valence-electron chi connectivity index (χ0n) is 12.5. The number of rotatable bonds is 5. The van der Waals surface area contributed by atoms with E-state index >= 15 is 0 Å². The van der Waals surface area contributed by atoms with Gasteiger partial charge in [-0.2, -0.15) is 23.8 Å². The molecule has 0 bridgehead atoms. The lowest BCUT2D eigenvalue weighted by Gasteiger charge is -2.39. The molecule has 0 aromatic heterocycles. The summed E-state index contributed by atoms with van der Waals surface area (Å²) in [6, 6.07) is 9.61. The minimum atomic E-state index is 0.614. The summed E-state index contributed by atoms with van der Waals surface area (Å²) < 4.78 is 0. The maximum atomic E-state index is 2.72. The lowest BCUT2D eigenvalue weighted by atomic mass is 9.86. The fraction of sp³-hybridized carbons (Fsp3) is 0.526. The van der Waals surface area contributed by atoms with Crippen LogP contribution in [-0.2, 0) is 0 Å². The largest absolute Gasteiger partial charge is 0.308 e. The molecule has 1 aliphatic heterocycles. The maximum Gasteiger partial charge on any atom is -0.00213 e. The van der Waals surface area contributed by atoms with Gasteiger partial charge in [-0.25, -0.2) is 6.07 Å². The molecule has 1 aliphatic carbocycles. The van der Waals surface area contributed by atoms with E-state index in [4.69, 9.17) is 0 Å². The number of piperidine rings is 1. The summed E-state index contributed by atoms with van der Waals surface area (Å²) in [6.45, 7) is 4.96. The van der Waals surface area contributed by atoms with Crippen molar-refractivity contribution < 1.29 is 0 Å². The van der Waals surface area contributed by atoms with Gasteiger partial charge in [-0.3, -0.25) is 0 Å². The summed E-state index contributed by atoms with van der Waals surface area (Å²) in [7, 11) is 0. The van der Waals surface area contributed by atoms with Crippen molar-refractivity contribution >= 4 is 0 Å². The third kappa shape index (κ3) is 3.09. The molecule has 0 amide bonds. The fourth-order valence-electron chi connectivity index (χ4n) is 3.67. The van der Waals surface area contributed by atoms with Crippen molar-refractivity contribution in [2.45, 2.75) is 38.6 Å². The molecule has 0 N–H and O–H groups in total. The van der Waals surface area contributed by atoms with E-state index in [9.17, 15) is 0 Å². The first-order valence-corrected chi connectivity index (χ1v) is 8.15. The average Bonchev–Trinajstić information content (AvgIpc) is 3.18.